The van der Waals surface area contributed by atoms with Crippen LogP contribution in [-0.4, -0.2) is 44.1 Å². The predicted octanol–water partition coefficient (Wildman–Crippen LogP) is 3.05. The molecule has 5 rings (SSSR count). The third-order valence-electron chi connectivity index (χ3n) is 5.74. The van der Waals surface area contributed by atoms with Crippen molar-refractivity contribution < 1.29 is 14.9 Å². The number of fused-ring (bicyclic) bond motifs is 2. The van der Waals surface area contributed by atoms with Crippen LogP contribution in [0.4, 0.5) is 5.82 Å². The lowest BCUT2D eigenvalue weighted by Crippen LogP contribution is -2.36. The number of phenols is 1. The molecule has 2 aromatic heterocycles. The molecule has 1 saturated carbocycles. The molecular formula is C21H22N4O3. The summed E-state index contributed by atoms with van der Waals surface area (Å²) in [5.74, 6) is 1.54. The molecule has 3 heterocycles. The molecule has 0 bridgehead atoms. The molecule has 0 amide bonds. The number of anilines is 1. The number of hydrogen-bond acceptors (Lipinski definition) is 7. The molecule has 0 saturated heterocycles. The van der Waals surface area contributed by atoms with Crippen molar-refractivity contribution in [1.29, 1.82) is 0 Å². The maximum Gasteiger partial charge on any atom is 0.158 e. The molecular weight excluding hydrogens is 356 g/mol. The van der Waals surface area contributed by atoms with E-state index in [1.807, 2.05) is 18.2 Å². The highest BCUT2D eigenvalue weighted by atomic mass is 16.5. The van der Waals surface area contributed by atoms with Gasteiger partial charge in [-0.25, -0.2) is 0 Å². The van der Waals surface area contributed by atoms with E-state index in [2.05, 4.69) is 20.5 Å². The fourth-order valence-electron chi connectivity index (χ4n) is 4.21. The fraction of sp³-hybridized carbons (Fsp3) is 0.381. The summed E-state index contributed by atoms with van der Waals surface area (Å²) < 4.78 is 5.53. The second-order valence-corrected chi connectivity index (χ2v) is 7.46. The minimum atomic E-state index is -0.386. The van der Waals surface area contributed by atoms with Crippen LogP contribution in [0.1, 0.15) is 31.2 Å². The largest absolute Gasteiger partial charge is 0.507 e. The number of ether oxygens (including phenoxy) is 1. The normalized spacial score (nSPS) is 21.3. The first-order valence-corrected chi connectivity index (χ1v) is 9.75. The van der Waals surface area contributed by atoms with Gasteiger partial charge in [-0.15, -0.1) is 10.2 Å². The lowest BCUT2D eigenvalue weighted by atomic mass is 9.92. The molecule has 7 nitrogen and oxygen atoms in total. The highest BCUT2D eigenvalue weighted by molar-refractivity contribution is 6.00. The molecule has 1 aliphatic heterocycles. The van der Waals surface area contributed by atoms with Gasteiger partial charge in [-0.1, -0.05) is 12.8 Å². The van der Waals surface area contributed by atoms with Gasteiger partial charge in [0.25, 0.3) is 0 Å². The lowest BCUT2D eigenvalue weighted by Gasteiger charge is -2.29. The van der Waals surface area contributed by atoms with Gasteiger partial charge in [0.05, 0.1) is 18.8 Å². The van der Waals surface area contributed by atoms with Crippen LogP contribution in [-0.2, 0) is 6.42 Å². The third kappa shape index (κ3) is 2.82. The fourth-order valence-corrected chi connectivity index (χ4v) is 4.21. The molecule has 7 heteroatoms. The molecule has 1 fully saturated rings. The second kappa shape index (κ2) is 6.91. The average Bonchev–Trinajstić information content (AvgIpc) is 3.20. The number of phenolic OH excluding ortho intramolecular Hbond substituents is 1. The van der Waals surface area contributed by atoms with Crippen molar-refractivity contribution in [2.45, 2.75) is 44.2 Å². The number of benzene rings is 1. The molecule has 2 aliphatic rings. The van der Waals surface area contributed by atoms with Crippen LogP contribution in [0.5, 0.6) is 11.5 Å². The van der Waals surface area contributed by atoms with Gasteiger partial charge in [0.15, 0.2) is 5.82 Å². The minimum Gasteiger partial charge on any atom is -0.507 e. The first-order valence-electron chi connectivity index (χ1n) is 9.75. The van der Waals surface area contributed by atoms with Crippen molar-refractivity contribution in [1.82, 2.24) is 15.2 Å². The Hall–Kier alpha value is -2.93. The smallest absolute Gasteiger partial charge is 0.158 e. The van der Waals surface area contributed by atoms with Crippen molar-refractivity contribution in [2.75, 3.05) is 11.9 Å². The second-order valence-electron chi connectivity index (χ2n) is 7.46. The minimum absolute atomic E-state index is 0.0390. The van der Waals surface area contributed by atoms with E-state index in [0.29, 0.717) is 30.1 Å². The summed E-state index contributed by atoms with van der Waals surface area (Å²) in [6.07, 6.45) is 7.58. The van der Waals surface area contributed by atoms with Gasteiger partial charge in [0, 0.05) is 40.7 Å². The molecule has 0 spiro atoms. The summed E-state index contributed by atoms with van der Waals surface area (Å²) in [7, 11) is 0. The highest BCUT2D eigenvalue weighted by Crippen LogP contribution is 2.42. The molecule has 144 valence electrons. The Labute approximate surface area is 162 Å². The monoisotopic (exact) mass is 378 g/mol. The molecule has 3 N–H and O–H groups in total. The number of hydrogen-bond donors (Lipinski definition) is 3. The number of nitrogens with one attached hydrogen (secondary N) is 1. The van der Waals surface area contributed by atoms with E-state index in [1.54, 1.807) is 12.4 Å². The Morgan fingerprint density at radius 3 is 2.86 bits per heavy atom. The quantitative estimate of drug-likeness (QED) is 0.644. The van der Waals surface area contributed by atoms with Crippen LogP contribution in [0.15, 0.2) is 30.6 Å². The van der Waals surface area contributed by atoms with Gasteiger partial charge in [-0.05, 0) is 31.0 Å². The van der Waals surface area contributed by atoms with E-state index in [-0.39, 0.29) is 17.9 Å². The Balaban J connectivity index is 1.59. The van der Waals surface area contributed by atoms with Gasteiger partial charge in [0.2, 0.25) is 0 Å². The summed E-state index contributed by atoms with van der Waals surface area (Å²) >= 11 is 0. The van der Waals surface area contributed by atoms with Crippen LogP contribution in [0, 0.1) is 0 Å². The lowest BCUT2D eigenvalue weighted by molar-refractivity contribution is 0.116. The Bertz CT molecular complexity index is 1040. The summed E-state index contributed by atoms with van der Waals surface area (Å²) in [5, 5.41) is 34.9. The van der Waals surface area contributed by atoms with Crippen LogP contribution in [0.2, 0.25) is 0 Å². The summed E-state index contributed by atoms with van der Waals surface area (Å²) in [5.41, 5.74) is 2.06. The first-order chi connectivity index (χ1) is 13.7. The number of rotatable bonds is 3. The highest BCUT2D eigenvalue weighted by Gasteiger charge is 2.25. The van der Waals surface area contributed by atoms with E-state index in [9.17, 15) is 10.2 Å². The van der Waals surface area contributed by atoms with Gasteiger partial charge in [0.1, 0.15) is 17.2 Å². The maximum atomic E-state index is 10.8. The zero-order chi connectivity index (χ0) is 19.1. The van der Waals surface area contributed by atoms with Crippen molar-refractivity contribution in [3.8, 4) is 22.8 Å². The van der Waals surface area contributed by atoms with Crippen molar-refractivity contribution in [2.24, 2.45) is 0 Å². The van der Waals surface area contributed by atoms with E-state index in [0.717, 1.165) is 47.8 Å². The van der Waals surface area contributed by atoms with Crippen LogP contribution >= 0.6 is 0 Å². The molecule has 28 heavy (non-hydrogen) atoms. The molecule has 1 aliphatic carbocycles. The van der Waals surface area contributed by atoms with Crippen LogP contribution in [0.3, 0.4) is 0 Å². The van der Waals surface area contributed by atoms with Crippen molar-refractivity contribution in [3.63, 3.8) is 0 Å². The number of aliphatic hydroxyl groups excluding tert-OH is 1. The van der Waals surface area contributed by atoms with Crippen LogP contribution < -0.4 is 10.1 Å². The number of aromatic nitrogens is 3. The molecule has 2 unspecified atom stereocenters. The van der Waals surface area contributed by atoms with Crippen molar-refractivity contribution >= 4 is 16.6 Å². The summed E-state index contributed by atoms with van der Waals surface area (Å²) in [6, 6.07) is 5.53. The zero-order valence-electron chi connectivity index (χ0n) is 15.4. The van der Waals surface area contributed by atoms with Gasteiger partial charge in [-0.3, -0.25) is 4.98 Å². The van der Waals surface area contributed by atoms with E-state index in [1.165, 1.54) is 0 Å². The third-order valence-corrected chi connectivity index (χ3v) is 5.74. The SMILES string of the molecule is Oc1c(-c2nnc(NC3CCCCC3O)c3cnccc23)ccc2c1CCO2. The molecule has 1 aromatic carbocycles. The number of pyridine rings is 1. The Kier molecular flexibility index (Phi) is 4.24. The standard InChI is InChI=1S/C21H22N4O3/c26-17-4-2-1-3-16(17)23-21-15-11-22-9-7-12(15)19(24-25-21)14-5-6-18-13(20(14)27)8-10-28-18/h5-7,9,11,16-17,26-27H,1-4,8,10H2,(H,23,25). The molecule has 2 atom stereocenters. The number of nitrogens with zero attached hydrogens (tertiary/aromatic N) is 3. The molecule has 0 radical (unpaired) electrons. The van der Waals surface area contributed by atoms with Gasteiger partial charge < -0.3 is 20.3 Å². The number of aromatic hydroxyl groups is 1. The van der Waals surface area contributed by atoms with E-state index in [4.69, 9.17) is 4.74 Å². The van der Waals surface area contributed by atoms with Crippen LogP contribution in [0.25, 0.3) is 22.0 Å². The maximum absolute atomic E-state index is 10.8. The molecule has 3 aromatic rings. The topological polar surface area (TPSA) is 100 Å². The van der Waals surface area contributed by atoms with Gasteiger partial charge >= 0.3 is 0 Å². The number of aliphatic hydroxyl groups is 1. The average molecular weight is 378 g/mol. The van der Waals surface area contributed by atoms with E-state index < -0.39 is 0 Å². The van der Waals surface area contributed by atoms with Gasteiger partial charge in [-0.2, -0.15) is 0 Å². The summed E-state index contributed by atoms with van der Waals surface area (Å²) in [4.78, 5) is 4.25. The first kappa shape index (κ1) is 17.2. The summed E-state index contributed by atoms with van der Waals surface area (Å²) in [6.45, 7) is 0.579. The Morgan fingerprint density at radius 2 is 1.96 bits per heavy atom. The zero-order valence-corrected chi connectivity index (χ0v) is 15.4. The Morgan fingerprint density at radius 1 is 1.07 bits per heavy atom. The van der Waals surface area contributed by atoms with Crippen molar-refractivity contribution in [3.05, 3.63) is 36.2 Å². The van der Waals surface area contributed by atoms with E-state index >= 15 is 0 Å². The predicted molar refractivity (Wildman–Crippen MR) is 106 cm³/mol.